The Hall–Kier alpha value is -1.54. The molecule has 0 saturated heterocycles. The topological polar surface area (TPSA) is 22.1 Å². The zero-order valence-corrected chi connectivity index (χ0v) is 9.03. The van der Waals surface area contributed by atoms with Crippen LogP contribution in [-0.4, -0.2) is 4.98 Å². The second-order valence-electron chi connectivity index (χ2n) is 3.21. The lowest BCUT2D eigenvalue weighted by molar-refractivity contribution is 0.463. The van der Waals surface area contributed by atoms with E-state index in [1.807, 2.05) is 31.2 Å². The van der Waals surface area contributed by atoms with Crippen molar-refractivity contribution in [3.8, 4) is 11.6 Å². The van der Waals surface area contributed by atoms with E-state index in [9.17, 15) is 0 Å². The summed E-state index contributed by atoms with van der Waals surface area (Å²) < 4.78 is 5.52. The molecule has 0 unspecified atom stereocenters. The molecule has 3 heteroatoms. The highest BCUT2D eigenvalue weighted by Gasteiger charge is 1.98. The number of benzene rings is 1. The number of hydrogen-bond donors (Lipinski definition) is 0. The Balaban J connectivity index is 2.18. The Kier molecular flexibility index (Phi) is 2.88. The van der Waals surface area contributed by atoms with Gasteiger partial charge in [-0.2, -0.15) is 0 Å². The van der Waals surface area contributed by atoms with Crippen LogP contribution < -0.4 is 4.74 Å². The van der Waals surface area contributed by atoms with Gasteiger partial charge in [0.15, 0.2) is 0 Å². The van der Waals surface area contributed by atoms with E-state index >= 15 is 0 Å². The number of nitrogens with zero attached hydrogens (tertiary/aromatic N) is 1. The quantitative estimate of drug-likeness (QED) is 0.716. The van der Waals surface area contributed by atoms with E-state index < -0.39 is 0 Å². The Labute approximate surface area is 93.5 Å². The molecule has 76 valence electrons. The monoisotopic (exact) mass is 219 g/mol. The molecule has 2 nitrogen and oxygen atoms in total. The van der Waals surface area contributed by atoms with Crippen LogP contribution in [0.25, 0.3) is 0 Å². The number of ether oxygens (including phenoxy) is 1. The van der Waals surface area contributed by atoms with Crippen LogP contribution in [0, 0.1) is 6.92 Å². The summed E-state index contributed by atoms with van der Waals surface area (Å²) in [7, 11) is 0. The molecule has 0 amide bonds. The largest absolute Gasteiger partial charge is 0.439 e. The minimum Gasteiger partial charge on any atom is -0.439 e. The van der Waals surface area contributed by atoms with Crippen LogP contribution in [0.1, 0.15) is 5.56 Å². The Bertz CT molecular complexity index is 453. The van der Waals surface area contributed by atoms with Gasteiger partial charge in [-0.25, -0.2) is 4.98 Å². The Morgan fingerprint density at radius 2 is 1.80 bits per heavy atom. The summed E-state index contributed by atoms with van der Waals surface area (Å²) in [6, 6.07) is 13.1. The molecule has 0 aliphatic carbocycles. The molecule has 0 spiro atoms. The summed E-state index contributed by atoms with van der Waals surface area (Å²) >= 11 is 5.75. The maximum atomic E-state index is 5.75. The maximum Gasteiger partial charge on any atom is 0.220 e. The highest BCUT2D eigenvalue weighted by molar-refractivity contribution is 6.29. The molecule has 0 aliphatic rings. The molecule has 1 aromatic carbocycles. The SMILES string of the molecule is Cc1ccc(Oc2cccc(Cl)n2)cc1. The van der Waals surface area contributed by atoms with Crippen molar-refractivity contribution in [1.82, 2.24) is 4.98 Å². The summed E-state index contributed by atoms with van der Waals surface area (Å²) in [5, 5.41) is 0.430. The van der Waals surface area contributed by atoms with Crippen molar-refractivity contribution in [3.63, 3.8) is 0 Å². The molecule has 0 radical (unpaired) electrons. The summed E-state index contributed by atoms with van der Waals surface area (Å²) in [6.07, 6.45) is 0. The van der Waals surface area contributed by atoms with E-state index in [0.29, 0.717) is 11.0 Å². The van der Waals surface area contributed by atoms with Gasteiger partial charge in [-0.3, -0.25) is 0 Å². The minimum atomic E-state index is 0.430. The van der Waals surface area contributed by atoms with Gasteiger partial charge in [0.05, 0.1) is 0 Å². The van der Waals surface area contributed by atoms with Crippen molar-refractivity contribution in [2.45, 2.75) is 6.92 Å². The van der Waals surface area contributed by atoms with E-state index in [2.05, 4.69) is 4.98 Å². The van der Waals surface area contributed by atoms with Gasteiger partial charge in [-0.1, -0.05) is 35.4 Å². The third-order valence-electron chi connectivity index (χ3n) is 1.93. The molecule has 2 aromatic rings. The lowest BCUT2D eigenvalue weighted by Gasteiger charge is -2.04. The summed E-state index contributed by atoms with van der Waals surface area (Å²) in [6.45, 7) is 2.03. The minimum absolute atomic E-state index is 0.430. The molecule has 0 saturated carbocycles. The fourth-order valence-electron chi connectivity index (χ4n) is 1.17. The first kappa shape index (κ1) is 9.99. The van der Waals surface area contributed by atoms with Crippen LogP contribution in [0.5, 0.6) is 11.6 Å². The van der Waals surface area contributed by atoms with E-state index in [-0.39, 0.29) is 0 Å². The molecular weight excluding hydrogens is 210 g/mol. The van der Waals surface area contributed by atoms with Crippen LogP contribution in [0.2, 0.25) is 5.15 Å². The number of aromatic nitrogens is 1. The number of rotatable bonds is 2. The average molecular weight is 220 g/mol. The van der Waals surface area contributed by atoms with Gasteiger partial charge in [-0.05, 0) is 25.1 Å². The highest BCUT2D eigenvalue weighted by atomic mass is 35.5. The van der Waals surface area contributed by atoms with E-state index in [0.717, 1.165) is 5.75 Å². The van der Waals surface area contributed by atoms with Crippen LogP contribution in [0.3, 0.4) is 0 Å². The third kappa shape index (κ3) is 2.70. The molecule has 15 heavy (non-hydrogen) atoms. The molecule has 0 bridgehead atoms. The first-order valence-corrected chi connectivity index (χ1v) is 4.99. The van der Waals surface area contributed by atoms with Gasteiger partial charge in [0.25, 0.3) is 0 Å². The van der Waals surface area contributed by atoms with Gasteiger partial charge < -0.3 is 4.74 Å². The standard InChI is InChI=1S/C12H10ClNO/c1-9-5-7-10(8-6-9)15-12-4-2-3-11(13)14-12/h2-8H,1H3. The van der Waals surface area contributed by atoms with Crippen LogP contribution in [-0.2, 0) is 0 Å². The summed E-state index contributed by atoms with van der Waals surface area (Å²) in [5.74, 6) is 1.27. The number of halogens is 1. The molecule has 1 aromatic heterocycles. The molecule has 0 aliphatic heterocycles. The predicted molar refractivity (Wildman–Crippen MR) is 60.5 cm³/mol. The normalized spacial score (nSPS) is 10.0. The average Bonchev–Trinajstić information content (AvgIpc) is 2.22. The van der Waals surface area contributed by atoms with Crippen LogP contribution in [0.4, 0.5) is 0 Å². The van der Waals surface area contributed by atoms with E-state index in [1.165, 1.54) is 5.56 Å². The molecule has 0 atom stereocenters. The Morgan fingerprint density at radius 1 is 1.07 bits per heavy atom. The Morgan fingerprint density at radius 3 is 2.47 bits per heavy atom. The second-order valence-corrected chi connectivity index (χ2v) is 3.60. The third-order valence-corrected chi connectivity index (χ3v) is 2.14. The number of pyridine rings is 1. The van der Waals surface area contributed by atoms with Gasteiger partial charge in [0.2, 0.25) is 5.88 Å². The van der Waals surface area contributed by atoms with Crippen molar-refractivity contribution >= 4 is 11.6 Å². The molecule has 0 fully saturated rings. The molecular formula is C12H10ClNO. The molecule has 2 rings (SSSR count). The van der Waals surface area contributed by atoms with Crippen molar-refractivity contribution in [1.29, 1.82) is 0 Å². The van der Waals surface area contributed by atoms with Gasteiger partial charge >= 0.3 is 0 Å². The lowest BCUT2D eigenvalue weighted by Crippen LogP contribution is -1.87. The molecule has 1 heterocycles. The molecule has 0 N–H and O–H groups in total. The summed E-state index contributed by atoms with van der Waals surface area (Å²) in [5.41, 5.74) is 1.20. The summed E-state index contributed by atoms with van der Waals surface area (Å²) in [4.78, 5) is 4.03. The zero-order chi connectivity index (χ0) is 10.7. The van der Waals surface area contributed by atoms with Crippen molar-refractivity contribution in [3.05, 3.63) is 53.2 Å². The van der Waals surface area contributed by atoms with Crippen molar-refractivity contribution in [2.75, 3.05) is 0 Å². The van der Waals surface area contributed by atoms with Crippen molar-refractivity contribution in [2.24, 2.45) is 0 Å². The highest BCUT2D eigenvalue weighted by Crippen LogP contribution is 2.20. The first-order valence-electron chi connectivity index (χ1n) is 4.61. The van der Waals surface area contributed by atoms with Crippen molar-refractivity contribution < 1.29 is 4.74 Å². The first-order chi connectivity index (χ1) is 7.24. The fourth-order valence-corrected chi connectivity index (χ4v) is 1.33. The lowest BCUT2D eigenvalue weighted by atomic mass is 10.2. The smallest absolute Gasteiger partial charge is 0.220 e. The zero-order valence-electron chi connectivity index (χ0n) is 8.27. The van der Waals surface area contributed by atoms with Gasteiger partial charge in [0, 0.05) is 6.07 Å². The van der Waals surface area contributed by atoms with Gasteiger partial charge in [-0.15, -0.1) is 0 Å². The van der Waals surface area contributed by atoms with E-state index in [1.54, 1.807) is 18.2 Å². The maximum absolute atomic E-state index is 5.75. The fraction of sp³-hybridized carbons (Fsp3) is 0.0833. The van der Waals surface area contributed by atoms with Crippen LogP contribution >= 0.6 is 11.6 Å². The second kappa shape index (κ2) is 4.32. The van der Waals surface area contributed by atoms with E-state index in [4.69, 9.17) is 16.3 Å². The number of aryl methyl sites for hydroxylation is 1. The van der Waals surface area contributed by atoms with Crippen LogP contribution in [0.15, 0.2) is 42.5 Å². The number of hydrogen-bond acceptors (Lipinski definition) is 2. The predicted octanol–water partition coefficient (Wildman–Crippen LogP) is 3.84. The van der Waals surface area contributed by atoms with Gasteiger partial charge in [0.1, 0.15) is 10.9 Å².